The van der Waals surface area contributed by atoms with Crippen LogP contribution >= 0.6 is 11.6 Å². The predicted molar refractivity (Wildman–Crippen MR) is 134 cm³/mol. The van der Waals surface area contributed by atoms with E-state index in [4.69, 9.17) is 21.4 Å². The largest absolute Gasteiger partial charge is 0.456 e. The summed E-state index contributed by atoms with van der Waals surface area (Å²) < 4.78 is 21.9. The summed E-state index contributed by atoms with van der Waals surface area (Å²) in [6.45, 7) is -0.0765. The van der Waals surface area contributed by atoms with Gasteiger partial charge < -0.3 is 4.74 Å². The second-order valence-corrected chi connectivity index (χ2v) is 8.18. The third kappa shape index (κ3) is 5.24. The number of carbonyl (C=O) groups is 1. The van der Waals surface area contributed by atoms with Crippen LogP contribution in [0.5, 0.6) is 0 Å². The lowest BCUT2D eigenvalue weighted by Crippen LogP contribution is -2.01. The second-order valence-electron chi connectivity index (χ2n) is 7.77. The maximum atomic E-state index is 13.4. The third-order valence-electron chi connectivity index (χ3n) is 5.28. The van der Waals surface area contributed by atoms with Crippen molar-refractivity contribution in [2.45, 2.75) is 6.61 Å². The molecule has 7 nitrogen and oxygen atoms in total. The zero-order valence-electron chi connectivity index (χ0n) is 18.8. The Bertz CT molecular complexity index is 1530. The highest BCUT2D eigenvalue weighted by atomic mass is 35.5. The van der Waals surface area contributed by atoms with E-state index in [2.05, 4.69) is 10.3 Å². The molecule has 5 rings (SSSR count). The van der Waals surface area contributed by atoms with Gasteiger partial charge in [-0.3, -0.25) is 0 Å². The zero-order valence-corrected chi connectivity index (χ0v) is 19.6. The number of nitrogens with zero attached hydrogens (tertiary/aromatic N) is 5. The molecule has 36 heavy (non-hydrogen) atoms. The molecule has 0 saturated heterocycles. The molecule has 0 radical (unpaired) electrons. The lowest BCUT2D eigenvalue weighted by molar-refractivity contribution is -0.139. The highest BCUT2D eigenvalue weighted by Gasteiger charge is 2.12. The average molecular weight is 500 g/mol. The fraction of sp³-hybridized carbons (Fsp3) is 0.0370. The fourth-order valence-electron chi connectivity index (χ4n) is 3.51. The van der Waals surface area contributed by atoms with Crippen molar-refractivity contribution in [2.24, 2.45) is 0 Å². The van der Waals surface area contributed by atoms with E-state index in [1.54, 1.807) is 17.0 Å². The summed E-state index contributed by atoms with van der Waals surface area (Å²) in [6, 6.07) is 23.7. The predicted octanol–water partition coefficient (Wildman–Crippen LogP) is 5.67. The molecule has 2 aromatic heterocycles. The Labute approximate surface area is 211 Å². The Hall–Kier alpha value is -4.56. The SMILES string of the molecule is O=C(/C=C/c1cn(-c2ccccc2)nc1-c1ccccc1)OCc1cn(-c2ccc(F)c(Cl)c2)nn1. The van der Waals surface area contributed by atoms with Gasteiger partial charge >= 0.3 is 5.97 Å². The van der Waals surface area contributed by atoms with Crippen molar-refractivity contribution in [1.82, 2.24) is 24.8 Å². The number of benzene rings is 3. The Kier molecular flexibility index (Phi) is 6.68. The minimum absolute atomic E-state index is 0.0217. The second kappa shape index (κ2) is 10.4. The van der Waals surface area contributed by atoms with Gasteiger partial charge in [0.15, 0.2) is 0 Å². The van der Waals surface area contributed by atoms with E-state index < -0.39 is 11.8 Å². The molecule has 0 spiro atoms. The van der Waals surface area contributed by atoms with Crippen molar-refractivity contribution in [3.63, 3.8) is 0 Å². The van der Waals surface area contributed by atoms with E-state index in [1.807, 2.05) is 66.9 Å². The number of aromatic nitrogens is 5. The van der Waals surface area contributed by atoms with E-state index in [0.29, 0.717) is 11.4 Å². The molecule has 178 valence electrons. The highest BCUT2D eigenvalue weighted by molar-refractivity contribution is 6.30. The topological polar surface area (TPSA) is 74.8 Å². The maximum Gasteiger partial charge on any atom is 0.331 e. The van der Waals surface area contributed by atoms with Crippen LogP contribution in [0.2, 0.25) is 5.02 Å². The Balaban J connectivity index is 1.30. The molecule has 0 atom stereocenters. The normalized spacial score (nSPS) is 11.2. The molecule has 5 aromatic rings. The lowest BCUT2D eigenvalue weighted by Gasteiger charge is -2.01. The average Bonchev–Trinajstić information content (AvgIpc) is 3.57. The molecule has 0 N–H and O–H groups in total. The first-order chi connectivity index (χ1) is 17.6. The van der Waals surface area contributed by atoms with Crippen molar-refractivity contribution >= 4 is 23.6 Å². The standard InChI is InChI=1S/C27H19ClFN5O2/c28-24-15-23(12-13-25(24)29)34-17-21(30-32-34)18-36-26(35)14-11-20-16-33(22-9-5-2-6-10-22)31-27(20)19-7-3-1-4-8-19/h1-17H,18H2/b14-11+. The van der Waals surface area contributed by atoms with Crippen molar-refractivity contribution in [1.29, 1.82) is 0 Å². The van der Waals surface area contributed by atoms with Crippen LogP contribution in [0.25, 0.3) is 28.7 Å². The van der Waals surface area contributed by atoms with Crippen molar-refractivity contribution in [3.8, 4) is 22.6 Å². The summed E-state index contributed by atoms with van der Waals surface area (Å²) in [5, 5.41) is 12.7. The minimum Gasteiger partial charge on any atom is -0.456 e. The lowest BCUT2D eigenvalue weighted by atomic mass is 10.1. The number of hydrogen-bond donors (Lipinski definition) is 0. The van der Waals surface area contributed by atoms with Crippen LogP contribution in [-0.2, 0) is 16.1 Å². The van der Waals surface area contributed by atoms with Crippen LogP contribution in [0.4, 0.5) is 4.39 Å². The number of hydrogen-bond acceptors (Lipinski definition) is 5. The van der Waals surface area contributed by atoms with Crippen LogP contribution in [0.1, 0.15) is 11.3 Å². The van der Waals surface area contributed by atoms with Crippen LogP contribution < -0.4 is 0 Å². The van der Waals surface area contributed by atoms with Gasteiger partial charge in [-0.05, 0) is 36.4 Å². The summed E-state index contributed by atoms with van der Waals surface area (Å²) >= 11 is 5.83. The highest BCUT2D eigenvalue weighted by Crippen LogP contribution is 2.25. The fourth-order valence-corrected chi connectivity index (χ4v) is 3.69. The molecular weight excluding hydrogens is 481 g/mol. The van der Waals surface area contributed by atoms with Crippen LogP contribution in [0.15, 0.2) is 97.3 Å². The Morgan fingerprint density at radius 1 is 0.944 bits per heavy atom. The van der Waals surface area contributed by atoms with Gasteiger partial charge in [-0.1, -0.05) is 65.3 Å². The van der Waals surface area contributed by atoms with Crippen LogP contribution in [0.3, 0.4) is 0 Å². The molecule has 0 saturated carbocycles. The number of rotatable bonds is 7. The van der Waals surface area contributed by atoms with Gasteiger partial charge in [-0.25, -0.2) is 18.5 Å². The van der Waals surface area contributed by atoms with E-state index >= 15 is 0 Å². The number of esters is 1. The van der Waals surface area contributed by atoms with Gasteiger partial charge in [-0.15, -0.1) is 5.10 Å². The molecule has 0 aliphatic rings. The molecule has 3 aromatic carbocycles. The number of para-hydroxylation sites is 1. The molecule has 0 aliphatic carbocycles. The van der Waals surface area contributed by atoms with Gasteiger partial charge in [0.2, 0.25) is 0 Å². The van der Waals surface area contributed by atoms with Crippen molar-refractivity contribution in [3.05, 3.63) is 119 Å². The molecule has 0 fully saturated rings. The first-order valence-corrected chi connectivity index (χ1v) is 11.4. The first kappa shape index (κ1) is 23.2. The monoisotopic (exact) mass is 499 g/mol. The summed E-state index contributed by atoms with van der Waals surface area (Å²) in [5.74, 6) is -1.06. The molecule has 9 heteroatoms. The molecule has 2 heterocycles. The molecule has 0 aliphatic heterocycles. The van der Waals surface area contributed by atoms with Crippen LogP contribution in [0, 0.1) is 5.82 Å². The van der Waals surface area contributed by atoms with Crippen LogP contribution in [-0.4, -0.2) is 30.7 Å². The van der Waals surface area contributed by atoms with Crippen molar-refractivity contribution < 1.29 is 13.9 Å². The molecular formula is C27H19ClFN5O2. The van der Waals surface area contributed by atoms with Gasteiger partial charge in [0.1, 0.15) is 18.1 Å². The summed E-state index contributed by atoms with van der Waals surface area (Å²) in [4.78, 5) is 12.4. The number of carbonyl (C=O) groups excluding carboxylic acids is 1. The van der Waals surface area contributed by atoms with Gasteiger partial charge in [-0.2, -0.15) is 5.10 Å². The minimum atomic E-state index is -0.541. The first-order valence-electron chi connectivity index (χ1n) is 11.0. The zero-order chi connectivity index (χ0) is 24.9. The van der Waals surface area contributed by atoms with E-state index in [0.717, 1.165) is 22.5 Å². The quantitative estimate of drug-likeness (QED) is 0.213. The third-order valence-corrected chi connectivity index (χ3v) is 5.57. The van der Waals surface area contributed by atoms with Crippen molar-refractivity contribution in [2.75, 3.05) is 0 Å². The van der Waals surface area contributed by atoms with E-state index in [1.165, 1.54) is 29.0 Å². The van der Waals surface area contributed by atoms with E-state index in [-0.39, 0.29) is 11.6 Å². The summed E-state index contributed by atoms with van der Waals surface area (Å²) in [6.07, 6.45) is 6.47. The smallest absolute Gasteiger partial charge is 0.331 e. The summed E-state index contributed by atoms with van der Waals surface area (Å²) in [7, 11) is 0. The maximum absolute atomic E-state index is 13.4. The molecule has 0 bridgehead atoms. The van der Waals surface area contributed by atoms with E-state index in [9.17, 15) is 9.18 Å². The molecule has 0 amide bonds. The molecule has 0 unspecified atom stereocenters. The number of ether oxygens (including phenoxy) is 1. The summed E-state index contributed by atoms with van der Waals surface area (Å²) in [5.41, 5.74) is 4.31. The van der Waals surface area contributed by atoms with Gasteiger partial charge in [0.25, 0.3) is 0 Å². The number of halogens is 2. The van der Waals surface area contributed by atoms with Gasteiger partial charge in [0.05, 0.1) is 28.3 Å². The Morgan fingerprint density at radius 3 is 2.44 bits per heavy atom. The Morgan fingerprint density at radius 2 is 1.69 bits per heavy atom. The van der Waals surface area contributed by atoms with Gasteiger partial charge in [0, 0.05) is 23.4 Å².